The van der Waals surface area contributed by atoms with Crippen LogP contribution in [0.15, 0.2) is 16.5 Å². The van der Waals surface area contributed by atoms with Gasteiger partial charge < -0.3 is 20.2 Å². The van der Waals surface area contributed by atoms with Crippen LogP contribution in [0.2, 0.25) is 0 Å². The number of hydrogen-bond acceptors (Lipinski definition) is 3. The number of carboxylic acids is 1. The van der Waals surface area contributed by atoms with Gasteiger partial charge in [-0.1, -0.05) is 19.3 Å². The van der Waals surface area contributed by atoms with Gasteiger partial charge in [0.1, 0.15) is 5.76 Å². The van der Waals surface area contributed by atoms with Crippen LogP contribution in [0.4, 0.5) is 4.79 Å². The molecule has 6 heteroatoms. The minimum Gasteiger partial charge on any atom is -0.475 e. The lowest BCUT2D eigenvalue weighted by Crippen LogP contribution is -2.41. The van der Waals surface area contributed by atoms with Crippen molar-refractivity contribution < 1.29 is 19.1 Å². The summed E-state index contributed by atoms with van der Waals surface area (Å²) in [5, 5.41) is 13.8. The summed E-state index contributed by atoms with van der Waals surface area (Å²) < 4.78 is 4.99. The summed E-state index contributed by atoms with van der Waals surface area (Å²) in [5.41, 5.74) is 0. The van der Waals surface area contributed by atoms with Crippen molar-refractivity contribution in [1.29, 1.82) is 0 Å². The van der Waals surface area contributed by atoms with Gasteiger partial charge in [-0.15, -0.1) is 6.42 Å². The Morgan fingerprint density at radius 2 is 2.26 bits per heavy atom. The van der Waals surface area contributed by atoms with Gasteiger partial charge in [0.15, 0.2) is 0 Å². The van der Waals surface area contributed by atoms with E-state index in [1.54, 1.807) is 0 Å². The van der Waals surface area contributed by atoms with Crippen LogP contribution in [0.3, 0.4) is 0 Å². The molecule has 0 aliphatic heterocycles. The second-order valence-electron chi connectivity index (χ2n) is 3.91. The molecule has 0 spiro atoms. The number of urea groups is 1. The van der Waals surface area contributed by atoms with Crippen molar-refractivity contribution in [2.24, 2.45) is 0 Å². The van der Waals surface area contributed by atoms with E-state index in [9.17, 15) is 9.59 Å². The number of terminal acetylenes is 1. The fraction of sp³-hybridized carbons (Fsp3) is 0.385. The maximum atomic E-state index is 11.5. The first kappa shape index (κ1) is 14.6. The quantitative estimate of drug-likeness (QED) is 0.680. The van der Waals surface area contributed by atoms with E-state index < -0.39 is 12.0 Å². The molecule has 0 radical (unpaired) electrons. The van der Waals surface area contributed by atoms with Gasteiger partial charge in [0.25, 0.3) is 0 Å². The third-order valence-corrected chi connectivity index (χ3v) is 2.38. The smallest absolute Gasteiger partial charge is 0.371 e. The third kappa shape index (κ3) is 4.76. The minimum absolute atomic E-state index is 0.0997. The molecule has 0 fully saturated rings. The molecule has 0 saturated carbocycles. The predicted molar refractivity (Wildman–Crippen MR) is 68.6 cm³/mol. The lowest BCUT2D eigenvalue weighted by atomic mass is 10.2. The summed E-state index contributed by atoms with van der Waals surface area (Å²) in [6.07, 6.45) is 6.85. The number of amides is 2. The van der Waals surface area contributed by atoms with Crippen LogP contribution in [0.25, 0.3) is 0 Å². The molecule has 0 bridgehead atoms. The lowest BCUT2D eigenvalue weighted by Gasteiger charge is -2.12. The number of carbonyl (C=O) groups is 2. The Labute approximate surface area is 111 Å². The van der Waals surface area contributed by atoms with Crippen LogP contribution in [-0.4, -0.2) is 23.1 Å². The maximum absolute atomic E-state index is 11.5. The van der Waals surface area contributed by atoms with Crippen molar-refractivity contribution in [2.45, 2.75) is 32.4 Å². The van der Waals surface area contributed by atoms with Crippen molar-refractivity contribution in [3.8, 4) is 12.3 Å². The maximum Gasteiger partial charge on any atom is 0.371 e. The van der Waals surface area contributed by atoms with Gasteiger partial charge in [0.05, 0.1) is 12.6 Å². The Morgan fingerprint density at radius 1 is 1.53 bits per heavy atom. The molecule has 2 amide bonds. The standard InChI is InChI=1S/C13H16N2O4/c1-3-5-9(4-2)15-13(18)14-8-10-6-7-11(19-10)12(16)17/h2,6-7,9H,3,5,8H2,1H3,(H,16,17)(H2,14,15,18). The number of rotatable bonds is 6. The summed E-state index contributed by atoms with van der Waals surface area (Å²) in [6, 6.07) is 2.10. The summed E-state index contributed by atoms with van der Waals surface area (Å²) in [5.74, 6) is 1.53. The molecule has 1 aromatic rings. The highest BCUT2D eigenvalue weighted by Gasteiger charge is 2.11. The Bertz CT molecular complexity index is 487. The monoisotopic (exact) mass is 264 g/mol. The van der Waals surface area contributed by atoms with Crippen LogP contribution in [0.1, 0.15) is 36.1 Å². The molecular weight excluding hydrogens is 248 g/mol. The van der Waals surface area contributed by atoms with E-state index >= 15 is 0 Å². The Morgan fingerprint density at radius 3 is 2.79 bits per heavy atom. The van der Waals surface area contributed by atoms with Gasteiger partial charge in [-0.2, -0.15) is 0 Å². The Balaban J connectivity index is 2.41. The Hall–Kier alpha value is -2.42. The number of carboxylic acid groups (broad SMARTS) is 1. The summed E-state index contributed by atoms with van der Waals surface area (Å²) in [4.78, 5) is 22.1. The molecule has 0 aromatic carbocycles. The molecule has 1 aromatic heterocycles. The van der Waals surface area contributed by atoms with E-state index in [1.165, 1.54) is 12.1 Å². The number of furan rings is 1. The van der Waals surface area contributed by atoms with Gasteiger partial charge >= 0.3 is 12.0 Å². The molecule has 3 N–H and O–H groups in total. The van der Waals surface area contributed by atoms with Crippen molar-refractivity contribution in [2.75, 3.05) is 0 Å². The molecule has 1 rings (SSSR count). The summed E-state index contributed by atoms with van der Waals surface area (Å²) in [6.45, 7) is 2.07. The second-order valence-corrected chi connectivity index (χ2v) is 3.91. The van der Waals surface area contributed by atoms with Crippen LogP contribution in [0.5, 0.6) is 0 Å². The molecule has 1 atom stereocenters. The fourth-order valence-electron chi connectivity index (χ4n) is 1.45. The molecule has 1 unspecified atom stereocenters. The minimum atomic E-state index is -1.15. The zero-order valence-electron chi connectivity index (χ0n) is 10.6. The SMILES string of the molecule is C#CC(CCC)NC(=O)NCc1ccc(C(=O)O)o1. The van der Waals surface area contributed by atoms with Gasteiger partial charge in [0.2, 0.25) is 5.76 Å². The zero-order valence-corrected chi connectivity index (χ0v) is 10.6. The van der Waals surface area contributed by atoms with Gasteiger partial charge in [-0.05, 0) is 18.6 Å². The van der Waals surface area contributed by atoms with Crippen molar-refractivity contribution in [3.63, 3.8) is 0 Å². The number of carbonyl (C=O) groups excluding carboxylic acids is 1. The fourth-order valence-corrected chi connectivity index (χ4v) is 1.45. The van der Waals surface area contributed by atoms with Crippen LogP contribution in [0, 0.1) is 12.3 Å². The van der Waals surface area contributed by atoms with Gasteiger partial charge in [-0.3, -0.25) is 0 Å². The zero-order chi connectivity index (χ0) is 14.3. The number of nitrogens with one attached hydrogen (secondary N) is 2. The van der Waals surface area contributed by atoms with Crippen molar-refractivity contribution >= 4 is 12.0 Å². The Kier molecular flexibility index (Phi) is 5.48. The highest BCUT2D eigenvalue weighted by molar-refractivity contribution is 5.84. The van der Waals surface area contributed by atoms with Gasteiger partial charge in [0, 0.05) is 0 Å². The number of aromatic carboxylic acids is 1. The predicted octanol–water partition coefficient (Wildman–Crippen LogP) is 1.58. The molecule has 102 valence electrons. The van der Waals surface area contributed by atoms with E-state index in [-0.39, 0.29) is 18.3 Å². The molecule has 19 heavy (non-hydrogen) atoms. The van der Waals surface area contributed by atoms with Crippen molar-refractivity contribution in [3.05, 3.63) is 23.7 Å². The molecule has 0 saturated heterocycles. The summed E-state index contributed by atoms with van der Waals surface area (Å²) in [7, 11) is 0. The van der Waals surface area contributed by atoms with E-state index in [0.29, 0.717) is 12.2 Å². The highest BCUT2D eigenvalue weighted by Crippen LogP contribution is 2.07. The third-order valence-electron chi connectivity index (χ3n) is 2.38. The average molecular weight is 264 g/mol. The summed E-state index contributed by atoms with van der Waals surface area (Å²) >= 11 is 0. The first-order valence-corrected chi connectivity index (χ1v) is 5.89. The van der Waals surface area contributed by atoms with Crippen LogP contribution in [-0.2, 0) is 6.54 Å². The molecule has 0 aliphatic carbocycles. The normalized spacial score (nSPS) is 11.4. The van der Waals surface area contributed by atoms with Crippen LogP contribution < -0.4 is 10.6 Å². The lowest BCUT2D eigenvalue weighted by molar-refractivity contribution is 0.0660. The van der Waals surface area contributed by atoms with E-state index in [0.717, 1.165) is 6.42 Å². The first-order chi connectivity index (χ1) is 9.06. The van der Waals surface area contributed by atoms with Crippen molar-refractivity contribution in [1.82, 2.24) is 10.6 Å². The topological polar surface area (TPSA) is 91.6 Å². The van der Waals surface area contributed by atoms with Gasteiger partial charge in [-0.25, -0.2) is 9.59 Å². The second kappa shape index (κ2) is 7.11. The van der Waals surface area contributed by atoms with E-state index in [1.807, 2.05) is 6.92 Å². The molecule has 0 aliphatic rings. The van der Waals surface area contributed by atoms with E-state index in [2.05, 4.69) is 16.6 Å². The molecule has 1 heterocycles. The highest BCUT2D eigenvalue weighted by atomic mass is 16.4. The largest absolute Gasteiger partial charge is 0.475 e. The molecular formula is C13H16N2O4. The van der Waals surface area contributed by atoms with Crippen LogP contribution >= 0.6 is 0 Å². The average Bonchev–Trinajstić information content (AvgIpc) is 2.84. The van der Waals surface area contributed by atoms with E-state index in [4.69, 9.17) is 15.9 Å². The number of hydrogen-bond donors (Lipinski definition) is 3. The molecule has 6 nitrogen and oxygen atoms in total. The first-order valence-electron chi connectivity index (χ1n) is 5.89.